The van der Waals surface area contributed by atoms with E-state index in [1.165, 1.54) is 11.0 Å². The second kappa shape index (κ2) is 5.74. The van der Waals surface area contributed by atoms with Crippen molar-refractivity contribution in [3.05, 3.63) is 54.4 Å². The van der Waals surface area contributed by atoms with Crippen LogP contribution in [0.3, 0.4) is 0 Å². The molecule has 0 aliphatic carbocycles. The molecule has 19 heavy (non-hydrogen) atoms. The van der Waals surface area contributed by atoms with E-state index in [0.717, 1.165) is 0 Å². The highest BCUT2D eigenvalue weighted by Gasteiger charge is 2.30. The molecule has 0 heterocycles. The first-order valence-electron chi connectivity index (χ1n) is 6.23. The van der Waals surface area contributed by atoms with Gasteiger partial charge in [-0.3, -0.25) is 9.69 Å². The van der Waals surface area contributed by atoms with E-state index in [2.05, 4.69) is 6.58 Å². The van der Waals surface area contributed by atoms with Crippen molar-refractivity contribution in [3.63, 3.8) is 0 Å². The van der Waals surface area contributed by atoms with Gasteiger partial charge in [0.1, 0.15) is 5.76 Å². The number of nitrogens with zero attached hydrogens (tertiary/aromatic N) is 1. The highest BCUT2D eigenvalue weighted by atomic mass is 16.3. The minimum absolute atomic E-state index is 0.00135. The van der Waals surface area contributed by atoms with Crippen LogP contribution in [0.2, 0.25) is 0 Å². The van der Waals surface area contributed by atoms with Crippen LogP contribution in [0.5, 0.6) is 0 Å². The number of aliphatic hydroxyl groups is 1. The molecule has 1 N–H and O–H groups in total. The van der Waals surface area contributed by atoms with Gasteiger partial charge in [-0.2, -0.15) is 0 Å². The summed E-state index contributed by atoms with van der Waals surface area (Å²) in [6, 6.07) is 9.20. The van der Waals surface area contributed by atoms with Gasteiger partial charge in [-0.1, -0.05) is 45.5 Å². The maximum absolute atomic E-state index is 12.6. The molecule has 3 heteroatoms. The van der Waals surface area contributed by atoms with Crippen molar-refractivity contribution in [2.45, 2.75) is 27.7 Å². The maximum atomic E-state index is 12.6. The van der Waals surface area contributed by atoms with Crippen LogP contribution in [0.25, 0.3) is 0 Å². The number of carbonyl (C=O) groups excluding carboxylic acids is 1. The summed E-state index contributed by atoms with van der Waals surface area (Å²) in [4.78, 5) is 14.0. The lowest BCUT2D eigenvalue weighted by Gasteiger charge is -2.30. The van der Waals surface area contributed by atoms with Gasteiger partial charge in [0.15, 0.2) is 0 Å². The zero-order valence-electron chi connectivity index (χ0n) is 12.0. The van der Waals surface area contributed by atoms with E-state index in [9.17, 15) is 9.90 Å². The van der Waals surface area contributed by atoms with Crippen LogP contribution < -0.4 is 4.90 Å². The van der Waals surface area contributed by atoms with Gasteiger partial charge in [-0.05, 0) is 25.1 Å². The van der Waals surface area contributed by atoms with Crippen LogP contribution in [-0.2, 0) is 4.79 Å². The molecule has 102 valence electrons. The number of allylic oxidation sites excluding steroid dienone is 1. The Hall–Kier alpha value is -2.03. The fourth-order valence-electron chi connectivity index (χ4n) is 1.59. The Morgan fingerprint density at radius 2 is 1.79 bits per heavy atom. The highest BCUT2D eigenvalue weighted by Crippen LogP contribution is 2.28. The summed E-state index contributed by atoms with van der Waals surface area (Å²) in [5.74, 6) is -0.112. The molecule has 0 fully saturated rings. The molecule has 0 aliphatic heterocycles. The molecule has 1 aromatic carbocycles. The van der Waals surface area contributed by atoms with E-state index in [1.807, 2.05) is 51.1 Å². The van der Waals surface area contributed by atoms with E-state index in [4.69, 9.17) is 0 Å². The number of anilines is 1. The SMILES string of the molecule is C=C(/C(O)=C/C)N(C(=O)C(C)(C)C)c1ccccc1. The Balaban J connectivity index is 3.28. The minimum atomic E-state index is -0.563. The van der Waals surface area contributed by atoms with Crippen molar-refractivity contribution < 1.29 is 9.90 Å². The monoisotopic (exact) mass is 259 g/mol. The molecular weight excluding hydrogens is 238 g/mol. The van der Waals surface area contributed by atoms with Crippen molar-refractivity contribution in [2.75, 3.05) is 4.90 Å². The van der Waals surface area contributed by atoms with Gasteiger partial charge in [0.2, 0.25) is 5.91 Å². The van der Waals surface area contributed by atoms with E-state index in [0.29, 0.717) is 5.69 Å². The van der Waals surface area contributed by atoms with Crippen molar-refractivity contribution in [2.24, 2.45) is 5.41 Å². The number of benzene rings is 1. The maximum Gasteiger partial charge on any atom is 0.237 e. The number of hydrogen-bond donors (Lipinski definition) is 1. The van der Waals surface area contributed by atoms with Crippen molar-refractivity contribution in [3.8, 4) is 0 Å². The molecule has 0 radical (unpaired) electrons. The van der Waals surface area contributed by atoms with Gasteiger partial charge in [-0.15, -0.1) is 0 Å². The Morgan fingerprint density at radius 3 is 2.21 bits per heavy atom. The molecule has 0 bridgehead atoms. The molecule has 1 rings (SSSR count). The van der Waals surface area contributed by atoms with Crippen molar-refractivity contribution >= 4 is 11.6 Å². The second-order valence-corrected chi connectivity index (χ2v) is 5.35. The molecule has 0 saturated heterocycles. The predicted octanol–water partition coefficient (Wildman–Crippen LogP) is 4.04. The zero-order valence-corrected chi connectivity index (χ0v) is 12.0. The number of para-hydroxylation sites is 1. The van der Waals surface area contributed by atoms with Crippen LogP contribution in [0.1, 0.15) is 27.7 Å². The summed E-state index contributed by atoms with van der Waals surface area (Å²) < 4.78 is 0. The van der Waals surface area contributed by atoms with Gasteiger partial charge < -0.3 is 5.11 Å². The third-order valence-electron chi connectivity index (χ3n) is 2.70. The molecule has 1 amide bonds. The van der Waals surface area contributed by atoms with Crippen LogP contribution >= 0.6 is 0 Å². The molecule has 0 atom stereocenters. The molecule has 0 unspecified atom stereocenters. The standard InChI is InChI=1S/C16H21NO2/c1-6-14(18)12(2)17(15(19)16(3,4)5)13-10-8-7-9-11-13/h6-11,18H,2H2,1,3-5H3/b14-6-. The average molecular weight is 259 g/mol. The van der Waals surface area contributed by atoms with Crippen LogP contribution in [-0.4, -0.2) is 11.0 Å². The first-order chi connectivity index (χ1) is 8.79. The molecule has 3 nitrogen and oxygen atoms in total. The lowest BCUT2D eigenvalue weighted by atomic mass is 9.94. The minimum Gasteiger partial charge on any atom is -0.506 e. The predicted molar refractivity (Wildman–Crippen MR) is 78.9 cm³/mol. The van der Waals surface area contributed by atoms with Crippen LogP contribution in [0.4, 0.5) is 5.69 Å². The third kappa shape index (κ3) is 3.47. The molecule has 0 aromatic heterocycles. The Bertz CT molecular complexity index is 495. The first kappa shape index (κ1) is 15.0. The summed E-state index contributed by atoms with van der Waals surface area (Å²) in [5.41, 5.74) is 0.418. The molecule has 0 saturated carbocycles. The topological polar surface area (TPSA) is 40.5 Å². The fourth-order valence-corrected chi connectivity index (χ4v) is 1.59. The highest BCUT2D eigenvalue weighted by molar-refractivity contribution is 6.00. The number of rotatable bonds is 3. The largest absolute Gasteiger partial charge is 0.506 e. The fraction of sp³-hybridized carbons (Fsp3) is 0.312. The molecule has 1 aromatic rings. The van der Waals surface area contributed by atoms with Crippen molar-refractivity contribution in [1.82, 2.24) is 0 Å². The zero-order chi connectivity index (χ0) is 14.6. The summed E-state index contributed by atoms with van der Waals surface area (Å²) in [6.07, 6.45) is 1.52. The quantitative estimate of drug-likeness (QED) is 0.657. The van der Waals surface area contributed by atoms with E-state index < -0.39 is 5.41 Å². The number of amides is 1. The smallest absolute Gasteiger partial charge is 0.237 e. The molecule has 0 aliphatic rings. The van der Waals surface area contributed by atoms with Crippen molar-refractivity contribution in [1.29, 1.82) is 0 Å². The first-order valence-corrected chi connectivity index (χ1v) is 6.23. The summed E-state index contributed by atoms with van der Waals surface area (Å²) >= 11 is 0. The van der Waals surface area contributed by atoms with E-state index in [-0.39, 0.29) is 17.4 Å². The van der Waals surface area contributed by atoms with E-state index in [1.54, 1.807) is 6.92 Å². The Morgan fingerprint density at radius 1 is 1.26 bits per heavy atom. The lowest BCUT2D eigenvalue weighted by molar-refractivity contribution is -0.125. The summed E-state index contributed by atoms with van der Waals surface area (Å²) in [7, 11) is 0. The number of carbonyl (C=O) groups is 1. The summed E-state index contributed by atoms with van der Waals surface area (Å²) in [6.45, 7) is 11.0. The normalized spacial score (nSPS) is 12.1. The number of aliphatic hydroxyl groups excluding tert-OH is 1. The van der Waals surface area contributed by atoms with Gasteiger partial charge in [0.05, 0.1) is 5.70 Å². The van der Waals surface area contributed by atoms with E-state index >= 15 is 0 Å². The van der Waals surface area contributed by atoms with Gasteiger partial charge >= 0.3 is 0 Å². The third-order valence-corrected chi connectivity index (χ3v) is 2.70. The van der Waals surface area contributed by atoms with Gasteiger partial charge in [0, 0.05) is 11.1 Å². The summed E-state index contributed by atoms with van der Waals surface area (Å²) in [5, 5.41) is 9.84. The number of hydrogen-bond acceptors (Lipinski definition) is 2. The second-order valence-electron chi connectivity index (χ2n) is 5.35. The lowest BCUT2D eigenvalue weighted by Crippen LogP contribution is -2.39. The van der Waals surface area contributed by atoms with Crippen LogP contribution in [0.15, 0.2) is 54.4 Å². The Labute approximate surface area is 114 Å². The Kier molecular flexibility index (Phi) is 4.54. The molecular formula is C16H21NO2. The average Bonchev–Trinajstić information content (AvgIpc) is 2.38. The molecule has 0 spiro atoms. The van der Waals surface area contributed by atoms with Gasteiger partial charge in [-0.25, -0.2) is 0 Å². The van der Waals surface area contributed by atoms with Gasteiger partial charge in [0.25, 0.3) is 0 Å². The van der Waals surface area contributed by atoms with Crippen LogP contribution in [0, 0.1) is 5.41 Å².